The lowest BCUT2D eigenvalue weighted by atomic mass is 9.99. The molecule has 0 aliphatic rings. The number of aliphatic hydroxyl groups excluding tert-OH is 1. The molecule has 18 heavy (non-hydrogen) atoms. The summed E-state index contributed by atoms with van der Waals surface area (Å²) in [5.74, 6) is 0. The Hall–Kier alpha value is -1.68. The van der Waals surface area contributed by atoms with Gasteiger partial charge in [-0.2, -0.15) is 5.10 Å². The summed E-state index contributed by atoms with van der Waals surface area (Å²) in [6, 6.07) is 3.91. The highest BCUT2D eigenvalue weighted by Crippen LogP contribution is 2.21. The summed E-state index contributed by atoms with van der Waals surface area (Å²) in [7, 11) is 1.91. The molecule has 0 aliphatic carbocycles. The largest absolute Gasteiger partial charge is 0.388 e. The molecular weight excluding hydrogens is 226 g/mol. The number of nitrogens with zero attached hydrogens (tertiary/aromatic N) is 3. The summed E-state index contributed by atoms with van der Waals surface area (Å²) < 4.78 is 1.82. The maximum atomic E-state index is 10.4. The molecule has 2 aromatic heterocycles. The van der Waals surface area contributed by atoms with Crippen LogP contribution in [0.4, 0.5) is 0 Å². The van der Waals surface area contributed by atoms with E-state index in [-0.39, 0.29) is 0 Å². The van der Waals surface area contributed by atoms with Crippen LogP contribution in [-0.2, 0) is 19.9 Å². The Kier molecular flexibility index (Phi) is 3.77. The van der Waals surface area contributed by atoms with Crippen molar-refractivity contribution < 1.29 is 5.11 Å². The van der Waals surface area contributed by atoms with Crippen molar-refractivity contribution in [3.05, 3.63) is 47.0 Å². The lowest BCUT2D eigenvalue weighted by Crippen LogP contribution is -2.08. The van der Waals surface area contributed by atoms with Gasteiger partial charge in [0.2, 0.25) is 0 Å². The first-order valence-electron chi connectivity index (χ1n) is 6.22. The van der Waals surface area contributed by atoms with Crippen LogP contribution in [0.15, 0.2) is 24.5 Å². The van der Waals surface area contributed by atoms with Crippen molar-refractivity contribution in [2.45, 2.75) is 32.8 Å². The number of aliphatic hydroxyl groups is 1. The molecule has 2 heterocycles. The second kappa shape index (κ2) is 5.31. The highest BCUT2D eigenvalue weighted by atomic mass is 16.3. The third-order valence-corrected chi connectivity index (χ3v) is 3.18. The number of pyridine rings is 1. The molecule has 96 valence electrons. The Balaban J connectivity index is 2.21. The van der Waals surface area contributed by atoms with Gasteiger partial charge in [-0.1, -0.05) is 6.92 Å². The average molecular weight is 245 g/mol. The van der Waals surface area contributed by atoms with Gasteiger partial charge in [-0.3, -0.25) is 9.67 Å². The molecule has 1 N–H and O–H groups in total. The van der Waals surface area contributed by atoms with Gasteiger partial charge in [0.25, 0.3) is 0 Å². The van der Waals surface area contributed by atoms with E-state index in [9.17, 15) is 5.11 Å². The molecule has 0 aliphatic heterocycles. The van der Waals surface area contributed by atoms with Crippen LogP contribution in [0.5, 0.6) is 0 Å². The highest BCUT2D eigenvalue weighted by molar-refractivity contribution is 5.27. The van der Waals surface area contributed by atoms with E-state index in [4.69, 9.17) is 0 Å². The van der Waals surface area contributed by atoms with Crippen molar-refractivity contribution in [1.29, 1.82) is 0 Å². The van der Waals surface area contributed by atoms with Crippen molar-refractivity contribution in [2.75, 3.05) is 0 Å². The molecule has 2 rings (SSSR count). The summed E-state index contributed by atoms with van der Waals surface area (Å²) in [5, 5.41) is 14.6. The minimum Gasteiger partial charge on any atom is -0.388 e. The highest BCUT2D eigenvalue weighted by Gasteiger charge is 2.14. The number of rotatable bonds is 4. The van der Waals surface area contributed by atoms with Gasteiger partial charge in [0, 0.05) is 31.6 Å². The fraction of sp³-hybridized carbons (Fsp3) is 0.429. The molecule has 4 heteroatoms. The molecule has 2 aromatic rings. The monoisotopic (exact) mass is 245 g/mol. The first kappa shape index (κ1) is 12.8. The molecule has 0 amide bonds. The van der Waals surface area contributed by atoms with Crippen molar-refractivity contribution in [3.8, 4) is 0 Å². The Labute approximate surface area is 107 Å². The standard InChI is InChI=1S/C14H19N3O/c1-4-11-9-15-6-5-13(11)14(18)8-12-7-10(2)16-17(12)3/h5-7,9,14,18H,4,8H2,1-3H3. The molecule has 0 saturated heterocycles. The summed E-state index contributed by atoms with van der Waals surface area (Å²) in [4.78, 5) is 4.10. The Morgan fingerprint density at radius 3 is 2.83 bits per heavy atom. The molecular formula is C14H19N3O. The van der Waals surface area contributed by atoms with Crippen LogP contribution < -0.4 is 0 Å². The van der Waals surface area contributed by atoms with Crippen LogP contribution in [0.2, 0.25) is 0 Å². The van der Waals surface area contributed by atoms with Crippen LogP contribution >= 0.6 is 0 Å². The van der Waals surface area contributed by atoms with Gasteiger partial charge in [0.05, 0.1) is 11.8 Å². The van der Waals surface area contributed by atoms with Crippen molar-refractivity contribution in [1.82, 2.24) is 14.8 Å². The van der Waals surface area contributed by atoms with Gasteiger partial charge in [-0.15, -0.1) is 0 Å². The lowest BCUT2D eigenvalue weighted by molar-refractivity contribution is 0.174. The molecule has 4 nitrogen and oxygen atoms in total. The zero-order chi connectivity index (χ0) is 13.1. The number of aromatic nitrogens is 3. The van der Waals surface area contributed by atoms with E-state index in [1.807, 2.05) is 37.0 Å². The number of hydrogen-bond acceptors (Lipinski definition) is 3. The van der Waals surface area contributed by atoms with Crippen LogP contribution in [0.25, 0.3) is 0 Å². The van der Waals surface area contributed by atoms with E-state index >= 15 is 0 Å². The zero-order valence-electron chi connectivity index (χ0n) is 11.1. The van der Waals surface area contributed by atoms with E-state index in [1.165, 1.54) is 0 Å². The quantitative estimate of drug-likeness (QED) is 0.896. The van der Waals surface area contributed by atoms with E-state index in [2.05, 4.69) is 17.0 Å². The smallest absolute Gasteiger partial charge is 0.0849 e. The molecule has 1 unspecified atom stereocenters. The second-order valence-corrected chi connectivity index (χ2v) is 4.55. The zero-order valence-corrected chi connectivity index (χ0v) is 11.1. The number of aryl methyl sites for hydroxylation is 3. The normalized spacial score (nSPS) is 12.7. The van der Waals surface area contributed by atoms with Gasteiger partial charge < -0.3 is 5.11 Å². The van der Waals surface area contributed by atoms with Gasteiger partial charge in [-0.05, 0) is 36.6 Å². The minimum atomic E-state index is -0.502. The van der Waals surface area contributed by atoms with E-state index in [1.54, 1.807) is 6.20 Å². The average Bonchev–Trinajstić information content (AvgIpc) is 2.67. The fourth-order valence-corrected chi connectivity index (χ4v) is 2.22. The van der Waals surface area contributed by atoms with Crippen molar-refractivity contribution >= 4 is 0 Å². The second-order valence-electron chi connectivity index (χ2n) is 4.55. The van der Waals surface area contributed by atoms with Crippen LogP contribution in [0.3, 0.4) is 0 Å². The van der Waals surface area contributed by atoms with Crippen LogP contribution in [-0.4, -0.2) is 19.9 Å². The van der Waals surface area contributed by atoms with Crippen molar-refractivity contribution in [2.24, 2.45) is 7.05 Å². The molecule has 0 aromatic carbocycles. The van der Waals surface area contributed by atoms with Gasteiger partial charge >= 0.3 is 0 Å². The topological polar surface area (TPSA) is 50.9 Å². The minimum absolute atomic E-state index is 0.502. The van der Waals surface area contributed by atoms with Crippen molar-refractivity contribution in [3.63, 3.8) is 0 Å². The first-order chi connectivity index (χ1) is 8.61. The molecule has 0 fully saturated rings. The Bertz CT molecular complexity index is 534. The fourth-order valence-electron chi connectivity index (χ4n) is 2.22. The van der Waals surface area contributed by atoms with Gasteiger partial charge in [0.15, 0.2) is 0 Å². The van der Waals surface area contributed by atoms with Crippen LogP contribution in [0.1, 0.15) is 35.5 Å². The summed E-state index contributed by atoms with van der Waals surface area (Å²) in [6.07, 6.45) is 4.51. The Morgan fingerprint density at radius 2 is 2.22 bits per heavy atom. The first-order valence-corrected chi connectivity index (χ1v) is 6.22. The maximum absolute atomic E-state index is 10.4. The Morgan fingerprint density at radius 1 is 1.44 bits per heavy atom. The predicted molar refractivity (Wildman–Crippen MR) is 70.2 cm³/mol. The molecule has 0 saturated carbocycles. The molecule has 0 bridgehead atoms. The van der Waals surface area contributed by atoms with E-state index in [0.29, 0.717) is 6.42 Å². The van der Waals surface area contributed by atoms with E-state index < -0.39 is 6.10 Å². The van der Waals surface area contributed by atoms with Gasteiger partial charge in [-0.25, -0.2) is 0 Å². The maximum Gasteiger partial charge on any atom is 0.0849 e. The summed E-state index contributed by atoms with van der Waals surface area (Å²) >= 11 is 0. The molecule has 0 spiro atoms. The van der Waals surface area contributed by atoms with Crippen LogP contribution in [0, 0.1) is 6.92 Å². The summed E-state index contributed by atoms with van der Waals surface area (Å²) in [5.41, 5.74) is 4.08. The SMILES string of the molecule is CCc1cnccc1C(O)Cc1cc(C)nn1C. The predicted octanol–water partition coefficient (Wildman–Crippen LogP) is 1.96. The molecule has 0 radical (unpaired) electrons. The van der Waals surface area contributed by atoms with Gasteiger partial charge in [0.1, 0.15) is 0 Å². The molecule has 1 atom stereocenters. The third kappa shape index (κ3) is 2.59. The lowest BCUT2D eigenvalue weighted by Gasteiger charge is -2.14. The third-order valence-electron chi connectivity index (χ3n) is 3.18. The summed E-state index contributed by atoms with van der Waals surface area (Å²) in [6.45, 7) is 4.03. The number of hydrogen-bond donors (Lipinski definition) is 1. The van der Waals surface area contributed by atoms with E-state index in [0.717, 1.165) is 28.9 Å².